The fourth-order valence-corrected chi connectivity index (χ4v) is 2.68. The Morgan fingerprint density at radius 2 is 1.35 bits per heavy atom. The number of thioether (sulfide) groups is 1. The predicted octanol–water partition coefficient (Wildman–Crippen LogP) is 2.76. The molecule has 0 aliphatic carbocycles. The monoisotopic (exact) mass is 342 g/mol. The number of rotatable bonds is 3. The van der Waals surface area contributed by atoms with Crippen molar-refractivity contribution in [1.82, 2.24) is 0 Å². The van der Waals surface area contributed by atoms with Gasteiger partial charge in [-0.15, -0.1) is 0 Å². The zero-order chi connectivity index (χ0) is 16.2. The summed E-state index contributed by atoms with van der Waals surface area (Å²) >= 11 is 1.89. The number of ether oxygens (including phenoxy) is 5. The SMILES string of the molecule is CCSCc1ccc2c(c1)OCCOCCOCCOCCO2. The third-order valence-electron chi connectivity index (χ3n) is 3.20. The summed E-state index contributed by atoms with van der Waals surface area (Å²) in [6.45, 7) is 6.52. The lowest BCUT2D eigenvalue weighted by Crippen LogP contribution is -2.13. The van der Waals surface area contributed by atoms with E-state index < -0.39 is 0 Å². The largest absolute Gasteiger partial charge is 0.487 e. The summed E-state index contributed by atoms with van der Waals surface area (Å²) in [6, 6.07) is 6.12. The van der Waals surface area contributed by atoms with E-state index in [9.17, 15) is 0 Å². The van der Waals surface area contributed by atoms with E-state index in [0.717, 1.165) is 23.0 Å². The Balaban J connectivity index is 1.96. The van der Waals surface area contributed by atoms with Gasteiger partial charge in [0.1, 0.15) is 13.2 Å². The van der Waals surface area contributed by atoms with Gasteiger partial charge in [0.25, 0.3) is 0 Å². The second-order valence-electron chi connectivity index (χ2n) is 4.95. The minimum Gasteiger partial charge on any atom is -0.487 e. The molecule has 0 spiro atoms. The van der Waals surface area contributed by atoms with Crippen molar-refractivity contribution >= 4 is 11.8 Å². The van der Waals surface area contributed by atoms with E-state index in [1.165, 1.54) is 5.56 Å². The van der Waals surface area contributed by atoms with Gasteiger partial charge in [-0.3, -0.25) is 0 Å². The molecular weight excluding hydrogens is 316 g/mol. The van der Waals surface area contributed by atoms with Crippen molar-refractivity contribution in [3.63, 3.8) is 0 Å². The Labute approximate surface area is 142 Å². The van der Waals surface area contributed by atoms with Crippen LogP contribution in [0.4, 0.5) is 0 Å². The minimum absolute atomic E-state index is 0.496. The maximum Gasteiger partial charge on any atom is 0.161 e. The molecule has 0 N–H and O–H groups in total. The van der Waals surface area contributed by atoms with Gasteiger partial charge in [-0.05, 0) is 23.4 Å². The summed E-state index contributed by atoms with van der Waals surface area (Å²) in [7, 11) is 0. The molecule has 0 atom stereocenters. The maximum atomic E-state index is 5.84. The first-order valence-electron chi connectivity index (χ1n) is 8.09. The van der Waals surface area contributed by atoms with Gasteiger partial charge in [0.05, 0.1) is 39.6 Å². The van der Waals surface area contributed by atoms with Crippen molar-refractivity contribution in [2.24, 2.45) is 0 Å². The van der Waals surface area contributed by atoms with Crippen molar-refractivity contribution in [2.75, 3.05) is 58.6 Å². The quantitative estimate of drug-likeness (QED) is 0.842. The fraction of sp³-hybridized carbons (Fsp3) is 0.647. The summed E-state index contributed by atoms with van der Waals surface area (Å²) in [5.41, 5.74) is 1.24. The molecule has 1 aliphatic rings. The summed E-state index contributed by atoms with van der Waals surface area (Å²) in [5, 5.41) is 0. The molecule has 6 heteroatoms. The Bertz CT molecular complexity index is 441. The van der Waals surface area contributed by atoms with Gasteiger partial charge < -0.3 is 23.7 Å². The van der Waals surface area contributed by atoms with Crippen LogP contribution in [0, 0.1) is 0 Å². The Morgan fingerprint density at radius 3 is 1.96 bits per heavy atom. The molecule has 0 radical (unpaired) electrons. The van der Waals surface area contributed by atoms with Crippen LogP contribution in [0.5, 0.6) is 11.5 Å². The lowest BCUT2D eigenvalue weighted by Gasteiger charge is -2.14. The number of hydrogen-bond acceptors (Lipinski definition) is 6. The van der Waals surface area contributed by atoms with E-state index in [1.54, 1.807) is 0 Å². The summed E-state index contributed by atoms with van der Waals surface area (Å²) < 4.78 is 28.0. The fourth-order valence-electron chi connectivity index (χ4n) is 2.06. The highest BCUT2D eigenvalue weighted by molar-refractivity contribution is 7.98. The highest BCUT2D eigenvalue weighted by Crippen LogP contribution is 2.30. The van der Waals surface area contributed by atoms with E-state index in [0.29, 0.717) is 52.9 Å². The van der Waals surface area contributed by atoms with Crippen molar-refractivity contribution in [1.29, 1.82) is 0 Å². The molecule has 1 aromatic carbocycles. The summed E-state index contributed by atoms with van der Waals surface area (Å²) in [5.74, 6) is 3.60. The number of hydrogen-bond donors (Lipinski definition) is 0. The molecule has 130 valence electrons. The third kappa shape index (κ3) is 7.44. The molecular formula is C17H26O5S. The normalized spacial score (nSPS) is 18.0. The molecule has 2 rings (SSSR count). The van der Waals surface area contributed by atoms with Gasteiger partial charge in [-0.1, -0.05) is 13.0 Å². The summed E-state index contributed by atoms with van der Waals surface area (Å²) in [6.07, 6.45) is 0. The molecule has 5 nitrogen and oxygen atoms in total. The smallest absolute Gasteiger partial charge is 0.161 e. The van der Waals surface area contributed by atoms with E-state index in [-0.39, 0.29) is 0 Å². The molecule has 0 fully saturated rings. The molecule has 1 aliphatic heterocycles. The van der Waals surface area contributed by atoms with E-state index in [2.05, 4.69) is 19.1 Å². The van der Waals surface area contributed by atoms with Crippen molar-refractivity contribution in [3.8, 4) is 11.5 Å². The average molecular weight is 342 g/mol. The van der Waals surface area contributed by atoms with Crippen molar-refractivity contribution in [3.05, 3.63) is 23.8 Å². The topological polar surface area (TPSA) is 46.2 Å². The standard InChI is InChI=1S/C17H26O5S/c1-2-23-14-15-3-4-16-17(13-15)22-12-10-20-8-6-18-5-7-19-9-11-21-16/h3-4,13H,2,5-12,14H2,1H3. The van der Waals surface area contributed by atoms with Gasteiger partial charge in [0, 0.05) is 5.75 Å². The van der Waals surface area contributed by atoms with Gasteiger partial charge in [-0.25, -0.2) is 0 Å². The van der Waals surface area contributed by atoms with Crippen molar-refractivity contribution < 1.29 is 23.7 Å². The highest BCUT2D eigenvalue weighted by atomic mass is 32.2. The Morgan fingerprint density at radius 1 is 0.783 bits per heavy atom. The second kappa shape index (κ2) is 11.6. The highest BCUT2D eigenvalue weighted by Gasteiger charge is 2.08. The van der Waals surface area contributed by atoms with Crippen LogP contribution in [-0.4, -0.2) is 58.6 Å². The number of benzene rings is 1. The first-order chi connectivity index (χ1) is 11.4. The maximum absolute atomic E-state index is 5.84. The van der Waals surface area contributed by atoms with Gasteiger partial charge >= 0.3 is 0 Å². The molecule has 0 unspecified atom stereocenters. The van der Waals surface area contributed by atoms with Crippen LogP contribution in [0.25, 0.3) is 0 Å². The van der Waals surface area contributed by atoms with Crippen molar-refractivity contribution in [2.45, 2.75) is 12.7 Å². The summed E-state index contributed by atoms with van der Waals surface area (Å²) in [4.78, 5) is 0. The van der Waals surface area contributed by atoms with Gasteiger partial charge in [0.2, 0.25) is 0 Å². The lowest BCUT2D eigenvalue weighted by atomic mass is 10.2. The molecule has 1 aromatic rings. The van der Waals surface area contributed by atoms with Crippen LogP contribution >= 0.6 is 11.8 Å². The van der Waals surface area contributed by atoms with Gasteiger partial charge in [-0.2, -0.15) is 11.8 Å². The molecule has 0 aromatic heterocycles. The van der Waals surface area contributed by atoms with E-state index in [1.807, 2.05) is 17.8 Å². The van der Waals surface area contributed by atoms with Crippen LogP contribution in [0.2, 0.25) is 0 Å². The zero-order valence-corrected chi connectivity index (χ0v) is 14.6. The number of fused-ring (bicyclic) bond motifs is 1. The van der Waals surface area contributed by atoms with Crippen LogP contribution in [0.15, 0.2) is 18.2 Å². The average Bonchev–Trinajstić information content (AvgIpc) is 2.58. The van der Waals surface area contributed by atoms with Gasteiger partial charge in [0.15, 0.2) is 11.5 Å². The van der Waals surface area contributed by atoms with Crippen LogP contribution < -0.4 is 9.47 Å². The molecule has 0 bridgehead atoms. The van der Waals surface area contributed by atoms with E-state index in [4.69, 9.17) is 23.7 Å². The predicted molar refractivity (Wildman–Crippen MR) is 91.7 cm³/mol. The van der Waals surface area contributed by atoms with Crippen LogP contribution in [-0.2, 0) is 20.0 Å². The molecule has 0 amide bonds. The third-order valence-corrected chi connectivity index (χ3v) is 4.14. The molecule has 0 saturated heterocycles. The lowest BCUT2D eigenvalue weighted by molar-refractivity contribution is 0.00708. The van der Waals surface area contributed by atoms with Crippen LogP contribution in [0.3, 0.4) is 0 Å². The first-order valence-corrected chi connectivity index (χ1v) is 9.25. The molecule has 0 saturated carbocycles. The minimum atomic E-state index is 0.496. The first kappa shape index (κ1) is 18.4. The zero-order valence-electron chi connectivity index (χ0n) is 13.8. The van der Waals surface area contributed by atoms with E-state index >= 15 is 0 Å². The van der Waals surface area contributed by atoms with Crippen LogP contribution in [0.1, 0.15) is 12.5 Å². The Hall–Kier alpha value is -0.950. The molecule has 23 heavy (non-hydrogen) atoms. The molecule has 1 heterocycles. The second-order valence-corrected chi connectivity index (χ2v) is 6.23. The Kier molecular flexibility index (Phi) is 9.25.